The Morgan fingerprint density at radius 2 is 1.82 bits per heavy atom. The molecule has 7 nitrogen and oxygen atoms in total. The molecule has 0 radical (unpaired) electrons. The Hall–Kier alpha value is -4.11. The number of H-pyrrole nitrogens is 1. The highest BCUT2D eigenvalue weighted by molar-refractivity contribution is 9.10. The molecule has 0 atom stereocenters. The van der Waals surface area contributed by atoms with Crippen molar-refractivity contribution in [2.75, 3.05) is 10.6 Å². The molecule has 0 aliphatic carbocycles. The highest BCUT2D eigenvalue weighted by Crippen LogP contribution is 2.27. The number of fused-ring (bicyclic) bond motifs is 1. The molecule has 0 saturated heterocycles. The van der Waals surface area contributed by atoms with Gasteiger partial charge in [0, 0.05) is 27.0 Å². The highest BCUT2D eigenvalue weighted by atomic mass is 79.9. The fraction of sp³-hybridized carbons (Fsp3) is 0.0400. The van der Waals surface area contributed by atoms with Crippen LogP contribution in [-0.2, 0) is 0 Å². The van der Waals surface area contributed by atoms with Gasteiger partial charge in [-0.05, 0) is 67.1 Å². The monoisotopic (exact) mass is 516 g/mol. The van der Waals surface area contributed by atoms with Crippen LogP contribution >= 0.6 is 15.9 Å². The number of nitrogens with one attached hydrogen (secondary N) is 3. The van der Waals surface area contributed by atoms with E-state index in [0.717, 1.165) is 15.6 Å². The van der Waals surface area contributed by atoms with E-state index < -0.39 is 0 Å². The smallest absolute Gasteiger partial charge is 0.255 e. The molecular formula is C25H18BrFN6O. The van der Waals surface area contributed by atoms with Crippen molar-refractivity contribution in [3.63, 3.8) is 0 Å². The van der Waals surface area contributed by atoms with Gasteiger partial charge in [-0.3, -0.25) is 4.79 Å². The minimum absolute atomic E-state index is 0.200. The quantitative estimate of drug-likeness (QED) is 0.257. The number of rotatable bonds is 5. The third-order valence-electron chi connectivity index (χ3n) is 5.21. The number of imidazole rings is 1. The maximum absolute atomic E-state index is 13.2. The Morgan fingerprint density at radius 1 is 1.00 bits per heavy atom. The minimum Gasteiger partial charge on any atom is -0.338 e. The van der Waals surface area contributed by atoms with Gasteiger partial charge in [-0.1, -0.05) is 28.1 Å². The number of aromatic amines is 1. The topological polar surface area (TPSA) is 95.6 Å². The summed E-state index contributed by atoms with van der Waals surface area (Å²) in [7, 11) is 0. The van der Waals surface area contributed by atoms with E-state index in [9.17, 15) is 9.18 Å². The lowest BCUT2D eigenvalue weighted by atomic mass is 10.1. The summed E-state index contributed by atoms with van der Waals surface area (Å²) in [6, 6.07) is 18.8. The van der Waals surface area contributed by atoms with Gasteiger partial charge in [-0.2, -0.15) is 0 Å². The second kappa shape index (κ2) is 9.03. The van der Waals surface area contributed by atoms with Crippen LogP contribution in [0.2, 0.25) is 0 Å². The van der Waals surface area contributed by atoms with Crippen molar-refractivity contribution in [3.8, 4) is 11.4 Å². The van der Waals surface area contributed by atoms with Gasteiger partial charge in [-0.15, -0.1) is 0 Å². The molecule has 2 aromatic heterocycles. The normalized spacial score (nSPS) is 10.9. The maximum atomic E-state index is 13.2. The SMILES string of the molecule is Cc1cc(C(=O)Nc2cccc(-c3nc4ncnc(Nc5ccc(F)cc5)c4[nH]3)c2)ccc1Br. The van der Waals surface area contributed by atoms with E-state index in [4.69, 9.17) is 0 Å². The number of halogens is 2. The largest absolute Gasteiger partial charge is 0.338 e. The zero-order chi connectivity index (χ0) is 23.7. The number of aryl methyl sites for hydroxylation is 1. The molecular weight excluding hydrogens is 499 g/mol. The van der Waals surface area contributed by atoms with Crippen molar-refractivity contribution in [3.05, 3.63) is 94.5 Å². The van der Waals surface area contributed by atoms with Crippen LogP contribution in [-0.4, -0.2) is 25.8 Å². The number of hydrogen-bond acceptors (Lipinski definition) is 5. The molecule has 0 bridgehead atoms. The van der Waals surface area contributed by atoms with Crippen LogP contribution in [0.3, 0.4) is 0 Å². The lowest BCUT2D eigenvalue weighted by Crippen LogP contribution is -2.12. The Kier molecular flexibility index (Phi) is 5.77. The predicted octanol–water partition coefficient (Wildman–Crippen LogP) is 6.23. The molecule has 0 unspecified atom stereocenters. The first-order valence-corrected chi connectivity index (χ1v) is 11.2. The molecule has 3 aromatic carbocycles. The molecule has 5 rings (SSSR count). The minimum atomic E-state index is -0.315. The average Bonchev–Trinajstić information content (AvgIpc) is 3.28. The number of amides is 1. The van der Waals surface area contributed by atoms with Gasteiger partial charge in [0.1, 0.15) is 23.5 Å². The summed E-state index contributed by atoms with van der Waals surface area (Å²) in [6.07, 6.45) is 1.41. The molecule has 1 amide bonds. The van der Waals surface area contributed by atoms with E-state index in [-0.39, 0.29) is 11.7 Å². The third-order valence-corrected chi connectivity index (χ3v) is 6.10. The van der Waals surface area contributed by atoms with Crippen molar-refractivity contribution < 1.29 is 9.18 Å². The summed E-state index contributed by atoms with van der Waals surface area (Å²) in [5, 5.41) is 6.08. The Morgan fingerprint density at radius 3 is 2.62 bits per heavy atom. The molecule has 0 spiro atoms. The summed E-state index contributed by atoms with van der Waals surface area (Å²) in [6.45, 7) is 1.94. The van der Waals surface area contributed by atoms with Gasteiger partial charge in [0.05, 0.1) is 0 Å². The number of anilines is 3. The Bertz CT molecular complexity index is 1520. The Labute approximate surface area is 202 Å². The standard InChI is InChI=1S/C25H18BrFN6O/c1-14-11-16(5-10-20(14)26)25(34)31-19-4-2-3-15(12-19)22-32-21-23(28-13-29-24(21)33-22)30-18-8-6-17(27)7-9-18/h2-13H,1H3,(H,31,34)(H2,28,29,30,32,33). The highest BCUT2D eigenvalue weighted by Gasteiger charge is 2.13. The molecule has 0 aliphatic heterocycles. The van der Waals surface area contributed by atoms with Gasteiger partial charge < -0.3 is 15.6 Å². The van der Waals surface area contributed by atoms with Crippen LogP contribution in [0.25, 0.3) is 22.6 Å². The van der Waals surface area contributed by atoms with Crippen LogP contribution in [0.4, 0.5) is 21.6 Å². The number of benzene rings is 3. The van der Waals surface area contributed by atoms with Crippen molar-refractivity contribution in [1.82, 2.24) is 19.9 Å². The molecule has 9 heteroatoms. The van der Waals surface area contributed by atoms with E-state index in [1.165, 1.54) is 18.5 Å². The molecule has 168 valence electrons. The number of carbonyl (C=O) groups excluding carboxylic acids is 1. The zero-order valence-electron chi connectivity index (χ0n) is 17.9. The van der Waals surface area contributed by atoms with E-state index in [1.807, 2.05) is 43.3 Å². The van der Waals surface area contributed by atoms with Crippen LogP contribution in [0.1, 0.15) is 15.9 Å². The fourth-order valence-electron chi connectivity index (χ4n) is 3.46. The zero-order valence-corrected chi connectivity index (χ0v) is 19.5. The molecule has 0 fully saturated rings. The lowest BCUT2D eigenvalue weighted by molar-refractivity contribution is 0.102. The summed E-state index contributed by atoms with van der Waals surface area (Å²) < 4.78 is 14.2. The number of aromatic nitrogens is 4. The summed E-state index contributed by atoms with van der Waals surface area (Å²) >= 11 is 3.45. The summed E-state index contributed by atoms with van der Waals surface area (Å²) in [4.78, 5) is 29.1. The van der Waals surface area contributed by atoms with E-state index in [0.29, 0.717) is 39.7 Å². The second-order valence-electron chi connectivity index (χ2n) is 7.64. The predicted molar refractivity (Wildman–Crippen MR) is 134 cm³/mol. The maximum Gasteiger partial charge on any atom is 0.255 e. The summed E-state index contributed by atoms with van der Waals surface area (Å²) in [5.41, 5.74) is 4.74. The second-order valence-corrected chi connectivity index (χ2v) is 8.49. The van der Waals surface area contributed by atoms with Crippen molar-refractivity contribution in [2.24, 2.45) is 0 Å². The average molecular weight is 517 g/mol. The first kappa shape index (κ1) is 21.7. The lowest BCUT2D eigenvalue weighted by Gasteiger charge is -2.08. The van der Waals surface area contributed by atoms with Gasteiger partial charge >= 0.3 is 0 Å². The molecule has 5 aromatic rings. The number of nitrogens with zero attached hydrogens (tertiary/aromatic N) is 3. The number of hydrogen-bond donors (Lipinski definition) is 3. The molecule has 34 heavy (non-hydrogen) atoms. The first-order chi connectivity index (χ1) is 16.5. The van der Waals surface area contributed by atoms with Crippen molar-refractivity contribution in [2.45, 2.75) is 6.92 Å². The van der Waals surface area contributed by atoms with Crippen LogP contribution in [0, 0.1) is 12.7 Å². The van der Waals surface area contributed by atoms with Crippen LogP contribution in [0.15, 0.2) is 77.5 Å². The van der Waals surface area contributed by atoms with Crippen LogP contribution in [0.5, 0.6) is 0 Å². The van der Waals surface area contributed by atoms with Gasteiger partial charge in [0.2, 0.25) is 0 Å². The Balaban J connectivity index is 1.41. The van der Waals surface area contributed by atoms with Crippen molar-refractivity contribution >= 4 is 50.2 Å². The fourth-order valence-corrected chi connectivity index (χ4v) is 3.71. The molecule has 3 N–H and O–H groups in total. The van der Waals surface area contributed by atoms with E-state index in [2.05, 4.69) is 46.5 Å². The summed E-state index contributed by atoms with van der Waals surface area (Å²) in [5.74, 6) is 0.581. The number of carbonyl (C=O) groups is 1. The molecule has 0 aliphatic rings. The molecule has 2 heterocycles. The first-order valence-electron chi connectivity index (χ1n) is 10.4. The van der Waals surface area contributed by atoms with Gasteiger partial charge in [-0.25, -0.2) is 19.3 Å². The van der Waals surface area contributed by atoms with Gasteiger partial charge in [0.25, 0.3) is 5.91 Å². The molecule has 0 saturated carbocycles. The van der Waals surface area contributed by atoms with E-state index in [1.54, 1.807) is 18.2 Å². The van der Waals surface area contributed by atoms with Crippen molar-refractivity contribution in [1.29, 1.82) is 0 Å². The van der Waals surface area contributed by atoms with Gasteiger partial charge in [0.15, 0.2) is 11.5 Å². The van der Waals surface area contributed by atoms with E-state index >= 15 is 0 Å². The third kappa shape index (κ3) is 4.51. The van der Waals surface area contributed by atoms with Crippen LogP contribution < -0.4 is 10.6 Å².